The largest absolute Gasteiger partial charge is 0.465 e. The van der Waals surface area contributed by atoms with Crippen molar-refractivity contribution in [1.82, 2.24) is 4.98 Å². The third kappa shape index (κ3) is 2.75. The molecule has 0 fully saturated rings. The smallest absolute Gasteiger partial charge is 0.337 e. The molecule has 0 saturated heterocycles. The van der Waals surface area contributed by atoms with E-state index in [0.29, 0.717) is 28.7 Å². The van der Waals surface area contributed by atoms with Gasteiger partial charge in [0.2, 0.25) is 0 Å². The van der Waals surface area contributed by atoms with E-state index in [9.17, 15) is 9.59 Å². The molecule has 5 heteroatoms. The molecule has 0 aliphatic carbocycles. The molecular weight excluding hydrogens is 256 g/mol. The molecule has 0 aliphatic heterocycles. The van der Waals surface area contributed by atoms with Gasteiger partial charge in [0.25, 0.3) is 5.56 Å². The molecule has 2 rings (SSSR count). The van der Waals surface area contributed by atoms with Gasteiger partial charge in [-0.1, -0.05) is 12.1 Å². The lowest BCUT2D eigenvalue weighted by Gasteiger charge is -2.06. The van der Waals surface area contributed by atoms with Crippen molar-refractivity contribution in [3.63, 3.8) is 0 Å². The molecular formula is C15H12N2O3. The highest BCUT2D eigenvalue weighted by molar-refractivity contribution is 5.89. The Morgan fingerprint density at radius 1 is 1.35 bits per heavy atom. The van der Waals surface area contributed by atoms with E-state index in [1.807, 2.05) is 6.07 Å². The number of nitrogens with one attached hydrogen (secondary N) is 1. The summed E-state index contributed by atoms with van der Waals surface area (Å²) in [6.45, 7) is 0. The predicted molar refractivity (Wildman–Crippen MR) is 72.4 cm³/mol. The van der Waals surface area contributed by atoms with Crippen LogP contribution in [0.15, 0.2) is 41.3 Å². The van der Waals surface area contributed by atoms with Gasteiger partial charge in [-0.3, -0.25) is 4.79 Å². The normalized spacial score (nSPS) is 9.80. The maximum Gasteiger partial charge on any atom is 0.337 e. The first-order valence-electron chi connectivity index (χ1n) is 5.93. The van der Waals surface area contributed by atoms with Crippen LogP contribution in [0.4, 0.5) is 0 Å². The van der Waals surface area contributed by atoms with Crippen LogP contribution in [0.1, 0.15) is 27.0 Å². The molecule has 1 heterocycles. The first-order valence-corrected chi connectivity index (χ1v) is 5.93. The average Bonchev–Trinajstić information content (AvgIpc) is 2.49. The minimum atomic E-state index is -0.495. The molecule has 1 aromatic heterocycles. The Balaban J connectivity index is 2.39. The lowest BCUT2D eigenvalue weighted by Crippen LogP contribution is -2.12. The van der Waals surface area contributed by atoms with E-state index in [-0.39, 0.29) is 5.56 Å². The van der Waals surface area contributed by atoms with Gasteiger partial charge in [0.15, 0.2) is 0 Å². The number of pyridine rings is 1. The molecule has 0 spiro atoms. The molecule has 100 valence electrons. The van der Waals surface area contributed by atoms with Crippen molar-refractivity contribution in [2.45, 2.75) is 6.42 Å². The molecule has 0 aliphatic rings. The first-order chi connectivity index (χ1) is 9.65. The van der Waals surface area contributed by atoms with E-state index < -0.39 is 5.97 Å². The zero-order valence-electron chi connectivity index (χ0n) is 10.8. The summed E-state index contributed by atoms with van der Waals surface area (Å²) in [5.74, 6) is -0.495. The molecule has 2 aromatic rings. The summed E-state index contributed by atoms with van der Waals surface area (Å²) < 4.78 is 4.61. The van der Waals surface area contributed by atoms with Crippen LogP contribution >= 0.6 is 0 Å². The summed E-state index contributed by atoms with van der Waals surface area (Å²) in [6, 6.07) is 10.2. The number of hydrogen-bond donors (Lipinski definition) is 1. The Labute approximate surface area is 115 Å². The number of aromatic nitrogens is 1. The number of carbonyl (C=O) groups is 1. The zero-order chi connectivity index (χ0) is 14.5. The fourth-order valence-corrected chi connectivity index (χ4v) is 1.88. The van der Waals surface area contributed by atoms with Gasteiger partial charge < -0.3 is 9.72 Å². The lowest BCUT2D eigenvalue weighted by molar-refractivity contribution is 0.0600. The van der Waals surface area contributed by atoms with E-state index in [1.165, 1.54) is 13.2 Å². The highest BCUT2D eigenvalue weighted by Crippen LogP contribution is 2.15. The van der Waals surface area contributed by atoms with Gasteiger partial charge in [0.1, 0.15) is 0 Å². The summed E-state index contributed by atoms with van der Waals surface area (Å²) in [7, 11) is 1.28. The Hall–Kier alpha value is -2.87. The number of nitrogens with zero attached hydrogens (tertiary/aromatic N) is 1. The van der Waals surface area contributed by atoms with Crippen LogP contribution in [0.2, 0.25) is 0 Å². The van der Waals surface area contributed by atoms with Crippen LogP contribution in [0.25, 0.3) is 0 Å². The second kappa shape index (κ2) is 5.85. The third-order valence-corrected chi connectivity index (χ3v) is 2.93. The highest BCUT2D eigenvalue weighted by Gasteiger charge is 2.11. The Morgan fingerprint density at radius 2 is 2.15 bits per heavy atom. The summed E-state index contributed by atoms with van der Waals surface area (Å²) in [5, 5.41) is 9.16. The van der Waals surface area contributed by atoms with E-state index in [0.717, 1.165) is 0 Å². The summed E-state index contributed by atoms with van der Waals surface area (Å²) in [5.41, 5.74) is 1.74. The molecule has 0 atom stereocenters. The van der Waals surface area contributed by atoms with Crippen LogP contribution in [-0.2, 0) is 11.2 Å². The molecule has 0 amide bonds. The molecule has 0 unspecified atom stereocenters. The van der Waals surface area contributed by atoms with Gasteiger partial charge in [-0.05, 0) is 23.8 Å². The third-order valence-electron chi connectivity index (χ3n) is 2.93. The fraction of sp³-hybridized carbons (Fsp3) is 0.133. The number of hydrogen-bond acceptors (Lipinski definition) is 4. The maximum atomic E-state index is 11.6. The fourth-order valence-electron chi connectivity index (χ4n) is 1.88. The van der Waals surface area contributed by atoms with E-state index in [2.05, 4.69) is 9.72 Å². The van der Waals surface area contributed by atoms with Gasteiger partial charge in [0.05, 0.1) is 24.3 Å². The maximum absolute atomic E-state index is 11.6. The number of benzene rings is 1. The monoisotopic (exact) mass is 268 g/mol. The zero-order valence-corrected chi connectivity index (χ0v) is 10.8. The number of esters is 1. The van der Waals surface area contributed by atoms with Crippen molar-refractivity contribution < 1.29 is 9.53 Å². The number of H-pyrrole nitrogens is 1. The van der Waals surface area contributed by atoms with Crippen LogP contribution in [0, 0.1) is 11.3 Å². The standard InChI is InChI=1S/C15H12N2O3/c1-20-15(19)12-5-4-10(13(8-12)9-16)7-11-3-2-6-17-14(11)18/h2-6,8H,7H2,1H3,(H,17,18). The number of aromatic amines is 1. The van der Waals surface area contributed by atoms with E-state index in [4.69, 9.17) is 5.26 Å². The van der Waals surface area contributed by atoms with Crippen molar-refractivity contribution in [3.05, 3.63) is 69.1 Å². The van der Waals surface area contributed by atoms with Crippen LogP contribution < -0.4 is 5.56 Å². The number of rotatable bonds is 3. The van der Waals surface area contributed by atoms with Crippen molar-refractivity contribution in [2.75, 3.05) is 7.11 Å². The topological polar surface area (TPSA) is 83.0 Å². The van der Waals surface area contributed by atoms with Crippen LogP contribution in [0.5, 0.6) is 0 Å². The summed E-state index contributed by atoms with van der Waals surface area (Å²) >= 11 is 0. The van der Waals surface area contributed by atoms with Gasteiger partial charge in [-0.15, -0.1) is 0 Å². The van der Waals surface area contributed by atoms with Crippen molar-refractivity contribution in [2.24, 2.45) is 0 Å². The lowest BCUT2D eigenvalue weighted by atomic mass is 9.99. The van der Waals surface area contributed by atoms with Crippen molar-refractivity contribution in [1.29, 1.82) is 5.26 Å². The molecule has 0 radical (unpaired) electrons. The first kappa shape index (κ1) is 13.6. The minimum absolute atomic E-state index is 0.187. The molecule has 20 heavy (non-hydrogen) atoms. The van der Waals surface area contributed by atoms with Crippen LogP contribution in [0.3, 0.4) is 0 Å². The van der Waals surface area contributed by atoms with Gasteiger partial charge in [0, 0.05) is 18.2 Å². The summed E-state index contributed by atoms with van der Waals surface area (Å²) in [6.07, 6.45) is 1.89. The molecule has 0 saturated carbocycles. The average molecular weight is 268 g/mol. The quantitative estimate of drug-likeness (QED) is 0.857. The second-order valence-electron chi connectivity index (χ2n) is 4.18. The van der Waals surface area contributed by atoms with E-state index >= 15 is 0 Å². The Bertz CT molecular complexity index is 741. The second-order valence-corrected chi connectivity index (χ2v) is 4.18. The highest BCUT2D eigenvalue weighted by atomic mass is 16.5. The number of ether oxygens (including phenoxy) is 1. The summed E-state index contributed by atoms with van der Waals surface area (Å²) in [4.78, 5) is 25.6. The minimum Gasteiger partial charge on any atom is -0.465 e. The van der Waals surface area contributed by atoms with E-state index in [1.54, 1.807) is 30.5 Å². The number of nitriles is 1. The number of carbonyl (C=O) groups excluding carboxylic acids is 1. The predicted octanol–water partition coefficient (Wildman–Crippen LogP) is 1.62. The molecule has 5 nitrogen and oxygen atoms in total. The van der Waals surface area contributed by atoms with Gasteiger partial charge in [-0.2, -0.15) is 5.26 Å². The van der Waals surface area contributed by atoms with Crippen molar-refractivity contribution in [3.8, 4) is 6.07 Å². The Kier molecular flexibility index (Phi) is 3.96. The molecule has 0 bridgehead atoms. The molecule has 1 N–H and O–H groups in total. The van der Waals surface area contributed by atoms with Crippen molar-refractivity contribution >= 4 is 5.97 Å². The SMILES string of the molecule is COC(=O)c1ccc(Cc2ccc[nH]c2=O)c(C#N)c1. The number of methoxy groups -OCH3 is 1. The Morgan fingerprint density at radius 3 is 2.80 bits per heavy atom. The molecule has 1 aromatic carbocycles. The van der Waals surface area contributed by atoms with Crippen LogP contribution in [-0.4, -0.2) is 18.1 Å². The van der Waals surface area contributed by atoms with Gasteiger partial charge >= 0.3 is 5.97 Å². The van der Waals surface area contributed by atoms with Gasteiger partial charge in [-0.25, -0.2) is 4.79 Å².